The lowest BCUT2D eigenvalue weighted by atomic mass is 10.2. The highest BCUT2D eigenvalue weighted by Crippen LogP contribution is 2.23. The fourth-order valence-electron chi connectivity index (χ4n) is 2.49. The summed E-state index contributed by atoms with van der Waals surface area (Å²) < 4.78 is 10.9. The van der Waals surface area contributed by atoms with E-state index in [4.69, 9.17) is 9.47 Å². The predicted octanol–water partition coefficient (Wildman–Crippen LogP) is 5.45. The lowest BCUT2D eigenvalue weighted by Gasteiger charge is -2.08. The number of carbonyl (C=O) groups excluding carboxylic acids is 1. The molecule has 0 aromatic heterocycles. The Bertz CT molecular complexity index is 929. The molecule has 0 aliphatic heterocycles. The number of nitrogens with one attached hydrogen (secondary N) is 1. The summed E-state index contributed by atoms with van der Waals surface area (Å²) in [6.45, 7) is 2.02. The van der Waals surface area contributed by atoms with Crippen molar-refractivity contribution in [3.8, 4) is 17.2 Å². The van der Waals surface area contributed by atoms with Crippen LogP contribution in [-0.4, -0.2) is 13.0 Å². The van der Waals surface area contributed by atoms with Gasteiger partial charge in [-0.1, -0.05) is 24.3 Å². The molecule has 3 aromatic carbocycles. The molecule has 0 spiro atoms. The van der Waals surface area contributed by atoms with E-state index in [9.17, 15) is 4.79 Å². The third kappa shape index (κ3) is 5.47. The first-order valence-electron chi connectivity index (χ1n) is 8.60. The number of aryl methyl sites for hydroxylation is 1. The molecular formula is C23H21NO3. The number of rotatable bonds is 6. The number of amides is 1. The minimum absolute atomic E-state index is 0.196. The van der Waals surface area contributed by atoms with Gasteiger partial charge in [0.2, 0.25) is 5.91 Å². The molecule has 1 amide bonds. The van der Waals surface area contributed by atoms with E-state index < -0.39 is 0 Å². The van der Waals surface area contributed by atoms with E-state index in [1.54, 1.807) is 13.2 Å². The number of hydrogen-bond donors (Lipinski definition) is 1. The lowest BCUT2D eigenvalue weighted by molar-refractivity contribution is -0.111. The van der Waals surface area contributed by atoms with Gasteiger partial charge in [-0.05, 0) is 72.7 Å². The molecule has 3 aromatic rings. The van der Waals surface area contributed by atoms with Gasteiger partial charge in [0.25, 0.3) is 0 Å². The first kappa shape index (κ1) is 18.3. The van der Waals surface area contributed by atoms with Gasteiger partial charge in [0.05, 0.1) is 7.11 Å². The van der Waals surface area contributed by atoms with Crippen LogP contribution < -0.4 is 14.8 Å². The zero-order valence-electron chi connectivity index (χ0n) is 15.3. The molecule has 0 unspecified atom stereocenters. The predicted molar refractivity (Wildman–Crippen MR) is 108 cm³/mol. The van der Waals surface area contributed by atoms with Crippen molar-refractivity contribution in [2.45, 2.75) is 6.92 Å². The first-order chi connectivity index (χ1) is 13.1. The van der Waals surface area contributed by atoms with E-state index in [0.717, 1.165) is 22.6 Å². The van der Waals surface area contributed by atoms with Gasteiger partial charge >= 0.3 is 0 Å². The summed E-state index contributed by atoms with van der Waals surface area (Å²) in [5.74, 6) is 2.09. The van der Waals surface area contributed by atoms with Gasteiger partial charge in [-0.25, -0.2) is 0 Å². The van der Waals surface area contributed by atoms with Crippen LogP contribution in [0.1, 0.15) is 11.1 Å². The van der Waals surface area contributed by atoms with Gasteiger partial charge in [-0.3, -0.25) is 4.79 Å². The third-order valence-electron chi connectivity index (χ3n) is 3.89. The second-order valence-corrected chi connectivity index (χ2v) is 6.04. The minimum Gasteiger partial charge on any atom is -0.497 e. The second kappa shape index (κ2) is 8.72. The van der Waals surface area contributed by atoms with E-state index in [2.05, 4.69) is 5.32 Å². The average Bonchev–Trinajstić information content (AvgIpc) is 2.68. The zero-order valence-corrected chi connectivity index (χ0v) is 15.3. The molecule has 0 atom stereocenters. The van der Waals surface area contributed by atoms with E-state index >= 15 is 0 Å². The number of anilines is 1. The summed E-state index contributed by atoms with van der Waals surface area (Å²) in [6, 6.07) is 22.6. The SMILES string of the molecule is COc1ccc(/C=C/C(=O)Nc2ccc(Oc3cccc(C)c3)cc2)cc1. The molecule has 0 aliphatic rings. The maximum atomic E-state index is 12.1. The largest absolute Gasteiger partial charge is 0.497 e. The maximum absolute atomic E-state index is 12.1. The molecule has 0 fully saturated rings. The van der Waals surface area contributed by atoms with Crippen molar-refractivity contribution < 1.29 is 14.3 Å². The van der Waals surface area contributed by atoms with Gasteiger partial charge < -0.3 is 14.8 Å². The van der Waals surface area contributed by atoms with Crippen LogP contribution in [0.2, 0.25) is 0 Å². The summed E-state index contributed by atoms with van der Waals surface area (Å²) in [5, 5.41) is 2.83. The highest BCUT2D eigenvalue weighted by atomic mass is 16.5. The van der Waals surface area contributed by atoms with Crippen LogP contribution in [0.5, 0.6) is 17.2 Å². The highest BCUT2D eigenvalue weighted by Gasteiger charge is 2.01. The quantitative estimate of drug-likeness (QED) is 0.596. The van der Waals surface area contributed by atoms with Crippen molar-refractivity contribution in [1.29, 1.82) is 0 Å². The Labute approximate surface area is 159 Å². The fraction of sp³-hybridized carbons (Fsp3) is 0.0870. The molecule has 4 heteroatoms. The topological polar surface area (TPSA) is 47.6 Å². The van der Waals surface area contributed by atoms with Crippen LogP contribution in [0.3, 0.4) is 0 Å². The van der Waals surface area contributed by atoms with E-state index in [1.807, 2.05) is 79.7 Å². The third-order valence-corrected chi connectivity index (χ3v) is 3.89. The van der Waals surface area contributed by atoms with E-state index in [0.29, 0.717) is 11.4 Å². The van der Waals surface area contributed by atoms with E-state index in [1.165, 1.54) is 6.08 Å². The molecule has 1 N–H and O–H groups in total. The molecule has 0 aliphatic carbocycles. The van der Waals surface area contributed by atoms with Crippen LogP contribution in [0, 0.1) is 6.92 Å². The van der Waals surface area contributed by atoms with Crippen LogP contribution in [-0.2, 0) is 4.79 Å². The van der Waals surface area contributed by atoms with Gasteiger partial charge in [-0.15, -0.1) is 0 Å². The normalized spacial score (nSPS) is 10.6. The average molecular weight is 359 g/mol. The number of carbonyl (C=O) groups is 1. The molecule has 27 heavy (non-hydrogen) atoms. The van der Waals surface area contributed by atoms with Crippen molar-refractivity contribution in [3.63, 3.8) is 0 Å². The Kier molecular flexibility index (Phi) is 5.90. The maximum Gasteiger partial charge on any atom is 0.248 e. The van der Waals surface area contributed by atoms with Crippen molar-refractivity contribution in [2.24, 2.45) is 0 Å². The highest BCUT2D eigenvalue weighted by molar-refractivity contribution is 6.01. The van der Waals surface area contributed by atoms with Gasteiger partial charge in [-0.2, -0.15) is 0 Å². The number of methoxy groups -OCH3 is 1. The fourth-order valence-corrected chi connectivity index (χ4v) is 2.49. The smallest absolute Gasteiger partial charge is 0.248 e. The standard InChI is InChI=1S/C23H21NO3/c1-17-4-3-5-22(16-17)27-21-13-9-19(10-14-21)24-23(25)15-8-18-6-11-20(26-2)12-7-18/h3-16H,1-2H3,(H,24,25)/b15-8+. The summed E-state index contributed by atoms with van der Waals surface area (Å²) in [4.78, 5) is 12.1. The monoisotopic (exact) mass is 359 g/mol. The molecule has 3 rings (SSSR count). The minimum atomic E-state index is -0.196. The number of benzene rings is 3. The Morgan fingerprint density at radius 2 is 1.59 bits per heavy atom. The van der Waals surface area contributed by atoms with Gasteiger partial charge in [0.15, 0.2) is 0 Å². The molecule has 0 saturated carbocycles. The molecule has 0 saturated heterocycles. The molecule has 136 valence electrons. The van der Waals surface area contributed by atoms with Crippen molar-refractivity contribution in [1.82, 2.24) is 0 Å². The van der Waals surface area contributed by atoms with Gasteiger partial charge in [0, 0.05) is 11.8 Å². The Morgan fingerprint density at radius 1 is 0.889 bits per heavy atom. The van der Waals surface area contributed by atoms with Crippen molar-refractivity contribution in [2.75, 3.05) is 12.4 Å². The van der Waals surface area contributed by atoms with Gasteiger partial charge in [0.1, 0.15) is 17.2 Å². The lowest BCUT2D eigenvalue weighted by Crippen LogP contribution is -2.07. The van der Waals surface area contributed by atoms with Crippen LogP contribution in [0.4, 0.5) is 5.69 Å². The van der Waals surface area contributed by atoms with Crippen molar-refractivity contribution >= 4 is 17.7 Å². The molecule has 0 radical (unpaired) electrons. The first-order valence-corrected chi connectivity index (χ1v) is 8.60. The second-order valence-electron chi connectivity index (χ2n) is 6.04. The summed E-state index contributed by atoms with van der Waals surface area (Å²) in [5.41, 5.74) is 2.77. The van der Waals surface area contributed by atoms with Crippen LogP contribution in [0.15, 0.2) is 78.9 Å². The zero-order chi connectivity index (χ0) is 19.1. The Balaban J connectivity index is 1.57. The summed E-state index contributed by atoms with van der Waals surface area (Å²) in [7, 11) is 1.62. The van der Waals surface area contributed by atoms with Crippen LogP contribution >= 0.6 is 0 Å². The molecule has 4 nitrogen and oxygen atoms in total. The molecule has 0 heterocycles. The molecule has 0 bridgehead atoms. The number of hydrogen-bond acceptors (Lipinski definition) is 3. The Morgan fingerprint density at radius 3 is 2.26 bits per heavy atom. The molecular weight excluding hydrogens is 338 g/mol. The van der Waals surface area contributed by atoms with Crippen molar-refractivity contribution in [3.05, 3.63) is 90.0 Å². The summed E-state index contributed by atoms with van der Waals surface area (Å²) >= 11 is 0. The summed E-state index contributed by atoms with van der Waals surface area (Å²) in [6.07, 6.45) is 3.25. The Hall–Kier alpha value is -3.53. The van der Waals surface area contributed by atoms with Crippen LogP contribution in [0.25, 0.3) is 6.08 Å². The van der Waals surface area contributed by atoms with E-state index in [-0.39, 0.29) is 5.91 Å². The number of ether oxygens (including phenoxy) is 2.